The second-order valence-electron chi connectivity index (χ2n) is 11.4. The van der Waals surface area contributed by atoms with Gasteiger partial charge in [-0.15, -0.1) is 0 Å². The lowest BCUT2D eigenvalue weighted by Crippen LogP contribution is -2.70. The topological polar surface area (TPSA) is 198 Å². The number of hydrogen-bond donors (Lipinski definition) is 5. The molecule has 0 fully saturated rings. The van der Waals surface area contributed by atoms with Gasteiger partial charge in [0.2, 0.25) is 6.10 Å². The Morgan fingerprint density at radius 3 is 2.44 bits per heavy atom. The number of aliphatic hydroxyl groups is 2. The first-order chi connectivity index (χ1) is 21.4. The van der Waals surface area contributed by atoms with Crippen molar-refractivity contribution < 1.29 is 58.6 Å². The normalized spacial score (nSPS) is 26.3. The van der Waals surface area contributed by atoms with Crippen molar-refractivity contribution in [1.29, 1.82) is 0 Å². The fraction of sp³-hybridized carbons (Fsp3) is 0.438. The van der Waals surface area contributed by atoms with Gasteiger partial charge in [-0.2, -0.15) is 0 Å². The predicted octanol–water partition coefficient (Wildman–Crippen LogP) is 1.56. The molecular weight excluding hydrogens is 590 g/mol. The molecule has 3 aliphatic rings. The summed E-state index contributed by atoms with van der Waals surface area (Å²) < 4.78 is 21.7. The van der Waals surface area contributed by atoms with Crippen LogP contribution in [-0.4, -0.2) is 81.3 Å². The zero-order chi connectivity index (χ0) is 32.7. The Balaban J connectivity index is 1.25. The molecule has 1 heterocycles. The molecule has 0 unspecified atom stereocenters. The minimum atomic E-state index is -2.00. The summed E-state index contributed by atoms with van der Waals surface area (Å²) in [6.45, 7) is 3.02. The molecule has 240 valence electrons. The molecule has 0 spiro atoms. The van der Waals surface area contributed by atoms with E-state index in [1.165, 1.54) is 24.3 Å². The number of carbonyl (C=O) groups is 4. The van der Waals surface area contributed by atoms with Crippen LogP contribution in [0.15, 0.2) is 54.3 Å². The molecule has 13 nitrogen and oxygen atoms in total. The molecule has 0 aromatic heterocycles. The van der Waals surface area contributed by atoms with Gasteiger partial charge in [0.15, 0.2) is 29.8 Å². The Hall–Kier alpha value is -4.46. The zero-order valence-electron chi connectivity index (χ0n) is 24.9. The van der Waals surface area contributed by atoms with Crippen LogP contribution in [0.4, 0.5) is 0 Å². The Morgan fingerprint density at radius 1 is 1.09 bits per heavy atom. The van der Waals surface area contributed by atoms with Crippen LogP contribution in [-0.2, 0) is 45.2 Å². The van der Waals surface area contributed by atoms with Gasteiger partial charge >= 0.3 is 23.9 Å². The van der Waals surface area contributed by atoms with E-state index in [2.05, 4.69) is 5.32 Å². The number of carboxylic acid groups (broad SMARTS) is 1. The smallest absolute Gasteiger partial charge is 0.349 e. The summed E-state index contributed by atoms with van der Waals surface area (Å²) in [5.74, 6) is -4.84. The van der Waals surface area contributed by atoms with Crippen molar-refractivity contribution >= 4 is 23.9 Å². The van der Waals surface area contributed by atoms with E-state index in [0.717, 1.165) is 12.5 Å². The number of aromatic hydroxyl groups is 1. The third-order valence-corrected chi connectivity index (χ3v) is 8.96. The molecular formula is C32H35NO12. The first-order valence-corrected chi connectivity index (χ1v) is 14.6. The molecule has 5 N–H and O–H groups in total. The van der Waals surface area contributed by atoms with Crippen LogP contribution < -0.4 is 10.1 Å². The highest BCUT2D eigenvalue weighted by molar-refractivity contribution is 5.85. The SMILES string of the molecule is CC[C@]12c3c4ccc(O)c3O[C@H]1C(OC(=O)[C@@H](O)CC(=O)O[C@@H](C)C(=O)O[C@H](C(=O)O)c1ccccc1)=CC[C@@]2(O)[C@H](NC)C4. The number of rotatable bonds is 11. The number of esters is 3. The zero-order valence-corrected chi connectivity index (χ0v) is 24.9. The standard InChI is InChI=1S/C32H35NO12/c1-4-31-24-18-10-11-19(34)26(24)44-27(31)21(12-13-32(31,41)22(14-18)33-3)43-30(40)20(35)15-23(36)42-16(2)29(39)45-25(28(37)38)17-8-6-5-7-9-17/h5-12,16,20,22,25,27,33-35,41H,4,13-15H2,1-3H3,(H,37,38)/t16-,20-,22+,25-,27-,31-,32+/m0/s1. The van der Waals surface area contributed by atoms with Crippen LogP contribution in [0.3, 0.4) is 0 Å². The van der Waals surface area contributed by atoms with Gasteiger partial charge < -0.3 is 44.7 Å². The fourth-order valence-electron chi connectivity index (χ4n) is 6.80. The third kappa shape index (κ3) is 5.30. The van der Waals surface area contributed by atoms with Gasteiger partial charge in [-0.05, 0) is 44.5 Å². The summed E-state index contributed by atoms with van der Waals surface area (Å²) >= 11 is 0. The van der Waals surface area contributed by atoms with E-state index in [4.69, 9.17) is 18.9 Å². The van der Waals surface area contributed by atoms with Crippen molar-refractivity contribution in [3.63, 3.8) is 0 Å². The van der Waals surface area contributed by atoms with Crippen molar-refractivity contribution in [1.82, 2.24) is 5.32 Å². The molecule has 13 heteroatoms. The van der Waals surface area contributed by atoms with E-state index in [1.807, 2.05) is 6.92 Å². The minimum absolute atomic E-state index is 0.00909. The van der Waals surface area contributed by atoms with Crippen LogP contribution in [0.5, 0.6) is 11.5 Å². The molecule has 0 bridgehead atoms. The van der Waals surface area contributed by atoms with Gasteiger partial charge in [0.25, 0.3) is 0 Å². The summed E-state index contributed by atoms with van der Waals surface area (Å²) in [4.78, 5) is 49.6. The predicted molar refractivity (Wildman–Crippen MR) is 154 cm³/mol. The highest BCUT2D eigenvalue weighted by Crippen LogP contribution is 2.63. The fourth-order valence-corrected chi connectivity index (χ4v) is 6.80. The molecule has 0 saturated carbocycles. The maximum Gasteiger partial charge on any atom is 0.349 e. The minimum Gasteiger partial charge on any atom is -0.504 e. The second kappa shape index (κ2) is 12.1. The Kier molecular flexibility index (Phi) is 8.62. The number of hydrogen-bond acceptors (Lipinski definition) is 12. The monoisotopic (exact) mass is 625 g/mol. The van der Waals surface area contributed by atoms with Crippen LogP contribution in [0, 0.1) is 0 Å². The number of benzene rings is 2. The maximum absolute atomic E-state index is 13.0. The number of likely N-dealkylation sites (N-methyl/N-ethyl adjacent to an activating group) is 1. The highest BCUT2D eigenvalue weighted by Gasteiger charge is 2.69. The van der Waals surface area contributed by atoms with E-state index in [0.29, 0.717) is 18.4 Å². The van der Waals surface area contributed by atoms with Crippen molar-refractivity contribution in [2.75, 3.05) is 7.05 Å². The molecule has 45 heavy (non-hydrogen) atoms. The second-order valence-corrected chi connectivity index (χ2v) is 11.4. The van der Waals surface area contributed by atoms with E-state index in [-0.39, 0.29) is 35.3 Å². The summed E-state index contributed by atoms with van der Waals surface area (Å²) in [6.07, 6.45) is -4.68. The van der Waals surface area contributed by atoms with E-state index in [1.54, 1.807) is 31.3 Å². The summed E-state index contributed by atoms with van der Waals surface area (Å²) in [6, 6.07) is 10.6. The molecule has 1 aliphatic heterocycles. The van der Waals surface area contributed by atoms with Gasteiger partial charge in [0.1, 0.15) is 5.76 Å². The van der Waals surface area contributed by atoms with E-state index in [9.17, 15) is 39.6 Å². The molecule has 5 rings (SSSR count). The third-order valence-electron chi connectivity index (χ3n) is 8.96. The molecule has 7 atom stereocenters. The first-order valence-electron chi connectivity index (χ1n) is 14.6. The number of ether oxygens (including phenoxy) is 4. The van der Waals surface area contributed by atoms with Crippen LogP contribution in [0.2, 0.25) is 0 Å². The van der Waals surface area contributed by atoms with Gasteiger partial charge in [-0.3, -0.25) is 4.79 Å². The number of phenolic OH excluding ortho intramolecular Hbond substituents is 1. The summed E-state index contributed by atoms with van der Waals surface area (Å²) in [5, 5.41) is 45.9. The lowest BCUT2D eigenvalue weighted by Gasteiger charge is -2.56. The Morgan fingerprint density at radius 2 is 1.80 bits per heavy atom. The molecule has 0 saturated heterocycles. The first kappa shape index (κ1) is 31.9. The number of phenols is 1. The number of aliphatic hydroxyl groups excluding tert-OH is 1. The van der Waals surface area contributed by atoms with Gasteiger partial charge in [-0.1, -0.05) is 43.3 Å². The number of nitrogens with one attached hydrogen (secondary N) is 1. The molecule has 0 radical (unpaired) electrons. The number of aliphatic carboxylic acids is 1. The largest absolute Gasteiger partial charge is 0.504 e. The molecule has 2 aromatic rings. The maximum atomic E-state index is 13.0. The Bertz CT molecular complexity index is 1540. The van der Waals surface area contributed by atoms with Gasteiger partial charge in [0.05, 0.1) is 17.4 Å². The van der Waals surface area contributed by atoms with Crippen LogP contribution >= 0.6 is 0 Å². The van der Waals surface area contributed by atoms with Crippen molar-refractivity contribution in [3.8, 4) is 11.5 Å². The average molecular weight is 626 g/mol. The van der Waals surface area contributed by atoms with Crippen LogP contribution in [0.1, 0.15) is 55.9 Å². The number of carbonyl (C=O) groups excluding carboxylic acids is 3. The van der Waals surface area contributed by atoms with Crippen molar-refractivity contribution in [2.45, 2.75) is 81.0 Å². The van der Waals surface area contributed by atoms with E-state index < -0.39 is 65.7 Å². The molecule has 0 amide bonds. The van der Waals surface area contributed by atoms with Crippen LogP contribution in [0.25, 0.3) is 0 Å². The van der Waals surface area contributed by atoms with Gasteiger partial charge in [0, 0.05) is 23.6 Å². The van der Waals surface area contributed by atoms with E-state index >= 15 is 0 Å². The average Bonchev–Trinajstić information content (AvgIpc) is 3.39. The molecule has 2 aromatic carbocycles. The van der Waals surface area contributed by atoms with Crippen molar-refractivity contribution in [3.05, 3.63) is 71.0 Å². The highest BCUT2D eigenvalue weighted by atomic mass is 16.6. The summed E-state index contributed by atoms with van der Waals surface area (Å²) in [5.41, 5.74) is -0.743. The quantitative estimate of drug-likeness (QED) is 0.178. The summed E-state index contributed by atoms with van der Waals surface area (Å²) in [7, 11) is 1.74. The van der Waals surface area contributed by atoms with Gasteiger partial charge in [-0.25, -0.2) is 14.4 Å². The lowest BCUT2D eigenvalue weighted by molar-refractivity contribution is -0.177. The van der Waals surface area contributed by atoms with Crippen molar-refractivity contribution in [2.24, 2.45) is 0 Å². The number of carboxylic acids is 1. The molecule has 2 aliphatic carbocycles. The Labute approximate surface area is 258 Å². The lowest BCUT2D eigenvalue weighted by atomic mass is 9.52.